The first-order chi connectivity index (χ1) is 11.2. The van der Waals surface area contributed by atoms with Crippen LogP contribution >= 0.6 is 11.8 Å². The normalized spacial score (nSPS) is 17.3. The molecule has 2 aromatic carbocycles. The molecule has 1 aliphatic heterocycles. The predicted octanol–water partition coefficient (Wildman–Crippen LogP) is 3.22. The van der Waals surface area contributed by atoms with E-state index in [0.717, 1.165) is 5.56 Å². The number of Topliss-reactive ketones (excluding diaryl/α,β-unsaturated/α-hetero) is 1. The van der Waals surface area contributed by atoms with E-state index in [1.54, 1.807) is 12.1 Å². The standard InChI is InChI=1S/C18H16N2O2S/c21-16(14-9-5-2-6-10-14)12-23-18-19-15(11-17(22)20-18)13-7-3-1-4-8-13/h1-10,15H,11-12H2,(H,19,20,22). The van der Waals surface area contributed by atoms with Gasteiger partial charge in [-0.1, -0.05) is 72.4 Å². The van der Waals surface area contributed by atoms with Gasteiger partial charge in [-0.3, -0.25) is 14.6 Å². The molecule has 23 heavy (non-hydrogen) atoms. The van der Waals surface area contributed by atoms with Crippen molar-refractivity contribution in [2.45, 2.75) is 12.5 Å². The maximum Gasteiger partial charge on any atom is 0.228 e. The summed E-state index contributed by atoms with van der Waals surface area (Å²) in [4.78, 5) is 28.6. The maximum absolute atomic E-state index is 12.1. The summed E-state index contributed by atoms with van der Waals surface area (Å²) in [5.41, 5.74) is 1.68. The van der Waals surface area contributed by atoms with E-state index in [2.05, 4.69) is 10.3 Å². The van der Waals surface area contributed by atoms with Crippen LogP contribution in [0.3, 0.4) is 0 Å². The van der Waals surface area contributed by atoms with E-state index in [0.29, 0.717) is 17.2 Å². The van der Waals surface area contributed by atoms with Gasteiger partial charge in [0.15, 0.2) is 11.0 Å². The van der Waals surface area contributed by atoms with E-state index < -0.39 is 0 Å². The molecule has 116 valence electrons. The van der Waals surface area contributed by atoms with Crippen LogP contribution in [-0.2, 0) is 4.79 Å². The molecular weight excluding hydrogens is 308 g/mol. The third kappa shape index (κ3) is 4.07. The van der Waals surface area contributed by atoms with Crippen molar-refractivity contribution in [1.29, 1.82) is 0 Å². The minimum absolute atomic E-state index is 0.0226. The lowest BCUT2D eigenvalue weighted by atomic mass is 10.0. The fourth-order valence-corrected chi connectivity index (χ4v) is 3.17. The summed E-state index contributed by atoms with van der Waals surface area (Å²) in [5.74, 6) is 0.211. The predicted molar refractivity (Wildman–Crippen MR) is 92.6 cm³/mol. The molecule has 1 heterocycles. The second kappa shape index (κ2) is 7.24. The van der Waals surface area contributed by atoms with Gasteiger partial charge in [-0.05, 0) is 5.56 Å². The second-order valence-electron chi connectivity index (χ2n) is 5.19. The van der Waals surface area contributed by atoms with Crippen molar-refractivity contribution >= 4 is 28.6 Å². The highest BCUT2D eigenvalue weighted by atomic mass is 32.2. The van der Waals surface area contributed by atoms with E-state index in [1.165, 1.54) is 11.8 Å². The number of rotatable bonds is 4. The van der Waals surface area contributed by atoms with Crippen molar-refractivity contribution in [1.82, 2.24) is 5.32 Å². The lowest BCUT2D eigenvalue weighted by Gasteiger charge is -2.20. The minimum atomic E-state index is -0.181. The zero-order valence-electron chi connectivity index (χ0n) is 12.4. The highest BCUT2D eigenvalue weighted by Gasteiger charge is 2.23. The number of hydrogen-bond donors (Lipinski definition) is 1. The Hall–Kier alpha value is -2.40. The van der Waals surface area contributed by atoms with Crippen LogP contribution in [0.2, 0.25) is 0 Å². The Morgan fingerprint density at radius 3 is 2.43 bits per heavy atom. The van der Waals surface area contributed by atoms with Crippen LogP contribution in [0.25, 0.3) is 0 Å². The molecule has 0 saturated carbocycles. The van der Waals surface area contributed by atoms with Crippen molar-refractivity contribution in [3.63, 3.8) is 0 Å². The molecule has 2 aromatic rings. The summed E-state index contributed by atoms with van der Waals surface area (Å²) < 4.78 is 0. The van der Waals surface area contributed by atoms with Gasteiger partial charge in [-0.25, -0.2) is 0 Å². The lowest BCUT2D eigenvalue weighted by Crippen LogP contribution is -2.34. The van der Waals surface area contributed by atoms with Gasteiger partial charge in [0.25, 0.3) is 0 Å². The molecule has 1 N–H and O–H groups in total. The number of amidine groups is 1. The largest absolute Gasteiger partial charge is 0.305 e. The molecule has 0 aromatic heterocycles. The number of hydrogen-bond acceptors (Lipinski definition) is 4. The van der Waals surface area contributed by atoms with Crippen LogP contribution in [0.4, 0.5) is 0 Å². The lowest BCUT2D eigenvalue weighted by molar-refractivity contribution is -0.120. The zero-order chi connectivity index (χ0) is 16.1. The molecule has 4 nitrogen and oxygen atoms in total. The van der Waals surface area contributed by atoms with Crippen molar-refractivity contribution in [3.8, 4) is 0 Å². The van der Waals surface area contributed by atoms with Crippen LogP contribution in [0, 0.1) is 0 Å². The van der Waals surface area contributed by atoms with Gasteiger partial charge in [0.1, 0.15) is 0 Å². The fraction of sp³-hybridized carbons (Fsp3) is 0.167. The molecule has 1 aliphatic rings. The van der Waals surface area contributed by atoms with E-state index in [4.69, 9.17) is 0 Å². The van der Waals surface area contributed by atoms with Crippen LogP contribution < -0.4 is 5.32 Å². The maximum atomic E-state index is 12.1. The third-order valence-electron chi connectivity index (χ3n) is 3.52. The number of ketones is 1. The van der Waals surface area contributed by atoms with E-state index in [9.17, 15) is 9.59 Å². The molecular formula is C18H16N2O2S. The van der Waals surface area contributed by atoms with E-state index >= 15 is 0 Å². The van der Waals surface area contributed by atoms with Crippen molar-refractivity contribution < 1.29 is 9.59 Å². The molecule has 0 bridgehead atoms. The highest BCUT2D eigenvalue weighted by Crippen LogP contribution is 2.25. The molecule has 5 heteroatoms. The van der Waals surface area contributed by atoms with Gasteiger partial charge in [0.2, 0.25) is 5.91 Å². The SMILES string of the molecule is O=C1CC(c2ccccc2)N=C(SCC(=O)c2ccccc2)N1. The second-order valence-corrected chi connectivity index (χ2v) is 6.15. The minimum Gasteiger partial charge on any atom is -0.305 e. The number of carbonyl (C=O) groups is 2. The van der Waals surface area contributed by atoms with E-state index in [-0.39, 0.29) is 23.5 Å². The van der Waals surface area contributed by atoms with Gasteiger partial charge in [-0.15, -0.1) is 0 Å². The van der Waals surface area contributed by atoms with Crippen molar-refractivity contribution in [2.75, 3.05) is 5.75 Å². The molecule has 1 unspecified atom stereocenters. The molecule has 0 spiro atoms. The molecule has 1 amide bonds. The molecule has 0 aliphatic carbocycles. The summed E-state index contributed by atoms with van der Waals surface area (Å²) in [5, 5.41) is 3.26. The van der Waals surface area contributed by atoms with E-state index in [1.807, 2.05) is 48.5 Å². The van der Waals surface area contributed by atoms with Crippen LogP contribution in [0.5, 0.6) is 0 Å². The summed E-state index contributed by atoms with van der Waals surface area (Å²) in [7, 11) is 0. The average Bonchev–Trinajstić information content (AvgIpc) is 2.61. The monoisotopic (exact) mass is 324 g/mol. The number of benzene rings is 2. The number of thioether (sulfide) groups is 1. The Morgan fingerprint density at radius 1 is 1.09 bits per heavy atom. The van der Waals surface area contributed by atoms with Gasteiger partial charge in [-0.2, -0.15) is 0 Å². The Kier molecular flexibility index (Phi) is 4.88. The Balaban J connectivity index is 1.68. The smallest absolute Gasteiger partial charge is 0.228 e. The van der Waals surface area contributed by atoms with Crippen LogP contribution in [0.1, 0.15) is 28.4 Å². The highest BCUT2D eigenvalue weighted by molar-refractivity contribution is 8.14. The summed E-state index contributed by atoms with van der Waals surface area (Å²) in [6.07, 6.45) is 0.334. The number of aliphatic imine (C=N–C) groups is 1. The van der Waals surface area contributed by atoms with Gasteiger partial charge in [0, 0.05) is 5.56 Å². The Morgan fingerprint density at radius 2 is 1.74 bits per heavy atom. The number of carbonyl (C=O) groups excluding carboxylic acids is 2. The van der Waals surface area contributed by atoms with Gasteiger partial charge < -0.3 is 5.32 Å². The summed E-state index contributed by atoms with van der Waals surface area (Å²) in [6.45, 7) is 0. The summed E-state index contributed by atoms with van der Waals surface area (Å²) in [6, 6.07) is 18.7. The molecule has 1 atom stereocenters. The number of nitrogens with zero attached hydrogens (tertiary/aromatic N) is 1. The van der Waals surface area contributed by atoms with Crippen molar-refractivity contribution in [3.05, 3.63) is 71.8 Å². The molecule has 0 saturated heterocycles. The van der Waals surface area contributed by atoms with Gasteiger partial charge >= 0.3 is 0 Å². The number of nitrogens with one attached hydrogen (secondary N) is 1. The van der Waals surface area contributed by atoms with Crippen LogP contribution in [0.15, 0.2) is 65.7 Å². The topological polar surface area (TPSA) is 58.5 Å². The zero-order valence-corrected chi connectivity index (χ0v) is 13.3. The molecule has 0 fully saturated rings. The Labute approximate surface area is 139 Å². The van der Waals surface area contributed by atoms with Crippen molar-refractivity contribution in [2.24, 2.45) is 4.99 Å². The van der Waals surface area contributed by atoms with Crippen LogP contribution in [-0.4, -0.2) is 22.6 Å². The molecule has 3 rings (SSSR count). The first-order valence-corrected chi connectivity index (χ1v) is 8.34. The third-order valence-corrected chi connectivity index (χ3v) is 4.41. The van der Waals surface area contributed by atoms with Gasteiger partial charge in [0.05, 0.1) is 18.2 Å². The summed E-state index contributed by atoms with van der Waals surface area (Å²) >= 11 is 1.27. The Bertz CT molecular complexity index is 729. The average molecular weight is 324 g/mol. The number of amides is 1. The quantitative estimate of drug-likeness (QED) is 0.879. The first-order valence-electron chi connectivity index (χ1n) is 7.36. The fourth-order valence-electron chi connectivity index (χ4n) is 2.35. The first kappa shape index (κ1) is 15.5. The molecule has 0 radical (unpaired) electrons.